The predicted molar refractivity (Wildman–Crippen MR) is 144 cm³/mol. The van der Waals surface area contributed by atoms with Gasteiger partial charge in [-0.3, -0.25) is 0 Å². The molecule has 0 heterocycles. The molecule has 0 aliphatic rings. The van der Waals surface area contributed by atoms with Crippen molar-refractivity contribution in [1.82, 2.24) is 0 Å². The van der Waals surface area contributed by atoms with Crippen LogP contribution in [0.2, 0.25) is 0 Å². The summed E-state index contributed by atoms with van der Waals surface area (Å²) >= 11 is 0. The van der Waals surface area contributed by atoms with Gasteiger partial charge in [0, 0.05) is 15.9 Å². The molecule has 3 aromatic rings. The first kappa shape index (κ1) is 27.9. The molecule has 0 saturated carbocycles. The Morgan fingerprint density at radius 3 is 0.757 bits per heavy atom. The van der Waals surface area contributed by atoms with Crippen LogP contribution in [0.5, 0.6) is 51.7 Å². The molecule has 0 amide bonds. The average molecular weight is 533 g/mol. The third-order valence-electron chi connectivity index (χ3n) is 5.77. The molecular weight excluding hydrogens is 499 g/mol. The van der Waals surface area contributed by atoms with Gasteiger partial charge in [-0.15, -0.1) is 0 Å². The van der Waals surface area contributed by atoms with Crippen molar-refractivity contribution in [2.24, 2.45) is 0 Å². The van der Waals surface area contributed by atoms with E-state index in [0.717, 1.165) is 15.9 Å². The number of benzene rings is 3. The molecule has 10 heteroatoms. The zero-order valence-corrected chi connectivity index (χ0v) is 23.5. The molecule has 9 nitrogen and oxygen atoms in total. The van der Waals surface area contributed by atoms with Crippen molar-refractivity contribution in [3.05, 3.63) is 36.4 Å². The van der Waals surface area contributed by atoms with Crippen molar-refractivity contribution >= 4 is 23.8 Å². The quantitative estimate of drug-likeness (QED) is 0.326. The second-order valence-electron chi connectivity index (χ2n) is 7.40. The van der Waals surface area contributed by atoms with Gasteiger partial charge in [0.15, 0.2) is 34.5 Å². The molecule has 0 aliphatic carbocycles. The van der Waals surface area contributed by atoms with Gasteiger partial charge in [-0.1, -0.05) is 0 Å². The monoisotopic (exact) mass is 532 g/mol. The van der Waals surface area contributed by atoms with E-state index in [1.165, 1.54) is 0 Å². The molecule has 0 aliphatic heterocycles. The SMILES string of the molecule is COc1ccc(P(c2ccc(OC)c(OC)c2OC)c2ccc(OC)c(OC)c2OC)c(OC)c1OC. The van der Waals surface area contributed by atoms with Crippen molar-refractivity contribution in [3.8, 4) is 51.7 Å². The van der Waals surface area contributed by atoms with E-state index in [2.05, 4.69) is 0 Å². The molecule has 0 spiro atoms. The fourth-order valence-electron chi connectivity index (χ4n) is 4.17. The van der Waals surface area contributed by atoms with Crippen LogP contribution in [-0.4, -0.2) is 64.0 Å². The highest BCUT2D eigenvalue weighted by atomic mass is 31.1. The second-order valence-corrected chi connectivity index (χ2v) is 9.51. The number of ether oxygens (including phenoxy) is 9. The summed E-state index contributed by atoms with van der Waals surface area (Å²) < 4.78 is 51.4. The van der Waals surface area contributed by atoms with Gasteiger partial charge in [0.25, 0.3) is 0 Å². The van der Waals surface area contributed by atoms with Crippen molar-refractivity contribution in [2.75, 3.05) is 64.0 Å². The predicted octanol–water partition coefficient (Wildman–Crippen LogP) is 3.52. The standard InChI is InChI=1S/C27H33O9P/c1-28-16-10-13-19(25(34-7)22(16)31-4)37(20-14-11-17(29-2)23(32-5)26(20)35-8)21-15-12-18(30-3)24(33-6)27(21)36-9/h10-15H,1-9H3. The molecule has 0 atom stereocenters. The highest BCUT2D eigenvalue weighted by Gasteiger charge is 2.33. The highest BCUT2D eigenvalue weighted by molar-refractivity contribution is 7.80. The van der Waals surface area contributed by atoms with Crippen molar-refractivity contribution in [3.63, 3.8) is 0 Å². The largest absolute Gasteiger partial charge is 0.493 e. The van der Waals surface area contributed by atoms with Gasteiger partial charge < -0.3 is 42.6 Å². The van der Waals surface area contributed by atoms with Crippen molar-refractivity contribution < 1.29 is 42.6 Å². The van der Waals surface area contributed by atoms with Crippen LogP contribution in [0.15, 0.2) is 36.4 Å². The second kappa shape index (κ2) is 12.5. The fraction of sp³-hybridized carbons (Fsp3) is 0.333. The van der Waals surface area contributed by atoms with E-state index in [-0.39, 0.29) is 0 Å². The van der Waals surface area contributed by atoms with E-state index in [9.17, 15) is 0 Å². The Balaban J connectivity index is 2.51. The lowest BCUT2D eigenvalue weighted by Gasteiger charge is -2.28. The van der Waals surface area contributed by atoms with Crippen molar-refractivity contribution in [1.29, 1.82) is 0 Å². The van der Waals surface area contributed by atoms with Crippen LogP contribution in [0, 0.1) is 0 Å². The molecule has 0 N–H and O–H groups in total. The van der Waals surface area contributed by atoms with Crippen LogP contribution < -0.4 is 58.5 Å². The molecule has 0 unspecified atom stereocenters. The first-order valence-electron chi connectivity index (χ1n) is 11.2. The van der Waals surface area contributed by atoms with Gasteiger partial charge in [-0.25, -0.2) is 0 Å². The number of rotatable bonds is 12. The summed E-state index contributed by atoms with van der Waals surface area (Å²) in [6, 6.07) is 11.3. The topological polar surface area (TPSA) is 83.1 Å². The molecule has 3 aromatic carbocycles. The van der Waals surface area contributed by atoms with E-state index in [0.29, 0.717) is 51.7 Å². The summed E-state index contributed by atoms with van der Waals surface area (Å²) in [7, 11) is 12.8. The molecule has 200 valence electrons. The van der Waals surface area contributed by atoms with E-state index in [1.807, 2.05) is 36.4 Å². The van der Waals surface area contributed by atoms with Gasteiger partial charge in [0.2, 0.25) is 17.2 Å². The Morgan fingerprint density at radius 1 is 0.324 bits per heavy atom. The maximum absolute atomic E-state index is 5.90. The Hall–Kier alpha value is -3.71. The van der Waals surface area contributed by atoms with E-state index >= 15 is 0 Å². The Kier molecular flexibility index (Phi) is 9.42. The van der Waals surface area contributed by atoms with Gasteiger partial charge in [-0.05, 0) is 44.3 Å². The summed E-state index contributed by atoms with van der Waals surface area (Å²) in [5.74, 6) is 4.56. The summed E-state index contributed by atoms with van der Waals surface area (Å²) in [4.78, 5) is 0. The normalized spacial score (nSPS) is 10.5. The summed E-state index contributed by atoms with van der Waals surface area (Å²) in [5, 5.41) is 2.48. The molecule has 0 saturated heterocycles. The lowest BCUT2D eigenvalue weighted by atomic mass is 10.3. The van der Waals surface area contributed by atoms with Crippen LogP contribution in [0.1, 0.15) is 0 Å². The van der Waals surface area contributed by atoms with Gasteiger partial charge in [0.05, 0.1) is 64.0 Å². The van der Waals surface area contributed by atoms with Crippen molar-refractivity contribution in [2.45, 2.75) is 0 Å². The Morgan fingerprint density at radius 2 is 0.568 bits per heavy atom. The number of methoxy groups -OCH3 is 9. The zero-order valence-electron chi connectivity index (χ0n) is 22.6. The van der Waals surface area contributed by atoms with Gasteiger partial charge in [-0.2, -0.15) is 0 Å². The molecule has 0 radical (unpaired) electrons. The smallest absolute Gasteiger partial charge is 0.203 e. The number of hydrogen-bond donors (Lipinski definition) is 0. The van der Waals surface area contributed by atoms with Crippen LogP contribution in [0.25, 0.3) is 0 Å². The van der Waals surface area contributed by atoms with Crippen LogP contribution in [0.4, 0.5) is 0 Å². The Bertz CT molecular complexity index is 1080. The molecule has 0 bridgehead atoms. The lowest BCUT2D eigenvalue weighted by molar-refractivity contribution is 0.325. The minimum atomic E-state index is -1.43. The van der Waals surface area contributed by atoms with Crippen LogP contribution in [-0.2, 0) is 0 Å². The first-order valence-corrected chi connectivity index (χ1v) is 12.5. The highest BCUT2D eigenvalue weighted by Crippen LogP contribution is 2.51. The molecule has 0 fully saturated rings. The molecule has 0 aromatic heterocycles. The number of hydrogen-bond acceptors (Lipinski definition) is 9. The van der Waals surface area contributed by atoms with E-state index in [4.69, 9.17) is 42.6 Å². The van der Waals surface area contributed by atoms with E-state index in [1.54, 1.807) is 64.0 Å². The fourth-order valence-corrected chi connectivity index (χ4v) is 6.81. The summed E-state index contributed by atoms with van der Waals surface area (Å²) in [5.41, 5.74) is 0. The maximum Gasteiger partial charge on any atom is 0.203 e. The summed E-state index contributed by atoms with van der Waals surface area (Å²) in [6.07, 6.45) is 0. The lowest BCUT2D eigenvalue weighted by Crippen LogP contribution is -2.25. The summed E-state index contributed by atoms with van der Waals surface area (Å²) in [6.45, 7) is 0. The molecular formula is C27H33O9P. The minimum absolute atomic E-state index is 0.467. The molecule has 3 rings (SSSR count). The van der Waals surface area contributed by atoms with Crippen LogP contribution in [0.3, 0.4) is 0 Å². The minimum Gasteiger partial charge on any atom is -0.493 e. The van der Waals surface area contributed by atoms with Crippen LogP contribution >= 0.6 is 7.92 Å². The van der Waals surface area contributed by atoms with Gasteiger partial charge >= 0.3 is 0 Å². The van der Waals surface area contributed by atoms with Gasteiger partial charge in [0.1, 0.15) is 0 Å². The first-order chi connectivity index (χ1) is 18.0. The average Bonchev–Trinajstić information content (AvgIpc) is 2.95. The third-order valence-corrected chi connectivity index (χ3v) is 8.27. The third kappa shape index (κ3) is 4.96. The maximum atomic E-state index is 5.90. The van der Waals surface area contributed by atoms with E-state index < -0.39 is 7.92 Å². The Labute approximate surface area is 218 Å². The molecule has 37 heavy (non-hydrogen) atoms. The zero-order chi connectivity index (χ0) is 27.1.